The molecule has 0 aliphatic rings. The van der Waals surface area contributed by atoms with Crippen LogP contribution >= 0.6 is 11.6 Å². The number of aromatic nitrogens is 2. The zero-order valence-electron chi connectivity index (χ0n) is 21.7. The normalized spacial score (nSPS) is 13.0. The highest BCUT2D eigenvalue weighted by atomic mass is 35.5. The molecular weight excluding hydrogens is 452 g/mol. The number of benzene rings is 2. The predicted molar refractivity (Wildman–Crippen MR) is 149 cm³/mol. The van der Waals surface area contributed by atoms with Crippen molar-refractivity contribution in [1.29, 1.82) is 0 Å². The molecule has 0 bridgehead atoms. The maximum absolute atomic E-state index is 6.36. The molecule has 3 rings (SSSR count). The van der Waals surface area contributed by atoms with E-state index in [-0.39, 0.29) is 5.38 Å². The van der Waals surface area contributed by atoms with Gasteiger partial charge in [0.15, 0.2) is 5.82 Å². The average molecular weight is 493 g/mol. The van der Waals surface area contributed by atoms with Gasteiger partial charge < -0.3 is 4.74 Å². The van der Waals surface area contributed by atoms with Crippen molar-refractivity contribution >= 4 is 11.6 Å². The molecule has 188 valence electrons. The van der Waals surface area contributed by atoms with Crippen LogP contribution < -0.4 is 0 Å². The van der Waals surface area contributed by atoms with Gasteiger partial charge in [0.2, 0.25) is 0 Å². The fourth-order valence-corrected chi connectivity index (χ4v) is 4.31. The van der Waals surface area contributed by atoms with E-state index in [0.717, 1.165) is 30.7 Å². The quantitative estimate of drug-likeness (QED) is 0.157. The Morgan fingerprint density at radius 1 is 0.743 bits per heavy atom. The molecule has 2 aromatic carbocycles. The molecule has 1 aromatic heterocycles. The van der Waals surface area contributed by atoms with E-state index in [4.69, 9.17) is 16.3 Å². The number of halogens is 1. The van der Waals surface area contributed by atoms with Gasteiger partial charge in [0, 0.05) is 18.0 Å². The molecule has 0 saturated heterocycles. The van der Waals surface area contributed by atoms with Crippen LogP contribution in [-0.4, -0.2) is 28.6 Å². The lowest BCUT2D eigenvalue weighted by Gasteiger charge is -2.16. The van der Waals surface area contributed by atoms with E-state index in [1.54, 1.807) is 0 Å². The number of alkyl halides is 1. The van der Waals surface area contributed by atoms with E-state index in [1.165, 1.54) is 54.4 Å². The third kappa shape index (κ3) is 9.05. The Bertz CT molecular complexity index is 970. The summed E-state index contributed by atoms with van der Waals surface area (Å²) in [6, 6.07) is 17.2. The molecule has 0 saturated carbocycles. The Labute approximate surface area is 217 Å². The first-order valence-electron chi connectivity index (χ1n) is 13.3. The van der Waals surface area contributed by atoms with Crippen LogP contribution in [0.1, 0.15) is 70.4 Å². The SMILES string of the molecule is CCCCCCCc1cnc(-c2ccc(-c3ccc(CCOC[C@H](Cl)C(C)CC)cc3)cc2)nc1. The predicted octanol–water partition coefficient (Wildman–Crippen LogP) is 8.54. The fraction of sp³-hybridized carbons (Fsp3) is 0.484. The van der Waals surface area contributed by atoms with Gasteiger partial charge in [0.25, 0.3) is 0 Å². The lowest BCUT2D eigenvalue weighted by atomic mass is 10.0. The second kappa shape index (κ2) is 15.0. The van der Waals surface area contributed by atoms with Crippen molar-refractivity contribution in [2.75, 3.05) is 13.2 Å². The molecule has 2 atom stereocenters. The molecule has 0 aliphatic carbocycles. The number of hydrogen-bond donors (Lipinski definition) is 0. The van der Waals surface area contributed by atoms with Gasteiger partial charge in [-0.2, -0.15) is 0 Å². The maximum Gasteiger partial charge on any atom is 0.159 e. The summed E-state index contributed by atoms with van der Waals surface area (Å²) < 4.78 is 5.79. The Hall–Kier alpha value is -2.23. The molecule has 0 N–H and O–H groups in total. The molecule has 0 spiro atoms. The highest BCUT2D eigenvalue weighted by Crippen LogP contribution is 2.24. The molecule has 3 nitrogen and oxygen atoms in total. The minimum Gasteiger partial charge on any atom is -0.380 e. The van der Waals surface area contributed by atoms with E-state index in [9.17, 15) is 0 Å². The number of hydrogen-bond acceptors (Lipinski definition) is 3. The van der Waals surface area contributed by atoms with Gasteiger partial charge in [-0.25, -0.2) is 9.97 Å². The molecule has 0 radical (unpaired) electrons. The molecule has 35 heavy (non-hydrogen) atoms. The molecule has 3 aromatic rings. The second-order valence-electron chi connectivity index (χ2n) is 9.58. The smallest absolute Gasteiger partial charge is 0.159 e. The van der Waals surface area contributed by atoms with Gasteiger partial charge in [0.05, 0.1) is 18.6 Å². The average Bonchev–Trinajstić information content (AvgIpc) is 2.91. The highest BCUT2D eigenvalue weighted by Gasteiger charge is 2.12. The van der Waals surface area contributed by atoms with Crippen LogP contribution in [0, 0.1) is 5.92 Å². The minimum absolute atomic E-state index is 0.0917. The molecule has 1 heterocycles. The van der Waals surface area contributed by atoms with E-state index >= 15 is 0 Å². The van der Waals surface area contributed by atoms with Gasteiger partial charge in [0.1, 0.15) is 0 Å². The lowest BCUT2D eigenvalue weighted by molar-refractivity contribution is 0.127. The number of nitrogens with zero attached hydrogens (tertiary/aromatic N) is 2. The van der Waals surface area contributed by atoms with Crippen LogP contribution in [0.3, 0.4) is 0 Å². The minimum atomic E-state index is 0.0917. The number of unbranched alkanes of at least 4 members (excludes halogenated alkanes) is 4. The van der Waals surface area contributed by atoms with Gasteiger partial charge in [-0.1, -0.05) is 101 Å². The standard InChI is InChI=1S/C31H41ClN2O/c1-4-6-7-8-9-10-26-21-33-31(34-22-26)29-17-15-28(16-18-29)27-13-11-25(12-14-27)19-20-35-23-30(32)24(3)5-2/h11-18,21-22,24,30H,4-10,19-20,23H2,1-3H3/t24?,30-/m0/s1. The van der Waals surface area contributed by atoms with E-state index < -0.39 is 0 Å². The highest BCUT2D eigenvalue weighted by molar-refractivity contribution is 6.20. The van der Waals surface area contributed by atoms with Crippen molar-refractivity contribution in [1.82, 2.24) is 9.97 Å². The monoisotopic (exact) mass is 492 g/mol. The maximum atomic E-state index is 6.36. The van der Waals surface area contributed by atoms with Crippen LogP contribution in [0.25, 0.3) is 22.5 Å². The van der Waals surface area contributed by atoms with Crippen molar-refractivity contribution in [3.8, 4) is 22.5 Å². The van der Waals surface area contributed by atoms with Crippen LogP contribution in [-0.2, 0) is 17.6 Å². The fourth-order valence-electron chi connectivity index (χ4n) is 4.05. The molecule has 4 heteroatoms. The van der Waals surface area contributed by atoms with Gasteiger partial charge in [-0.3, -0.25) is 0 Å². The summed E-state index contributed by atoms with van der Waals surface area (Å²) in [4.78, 5) is 9.21. The Balaban J connectivity index is 1.47. The lowest BCUT2D eigenvalue weighted by Crippen LogP contribution is -2.18. The largest absolute Gasteiger partial charge is 0.380 e. The first-order chi connectivity index (χ1) is 17.1. The summed E-state index contributed by atoms with van der Waals surface area (Å²) in [6.45, 7) is 7.90. The summed E-state index contributed by atoms with van der Waals surface area (Å²) in [5.74, 6) is 1.27. The van der Waals surface area contributed by atoms with Crippen molar-refractivity contribution in [3.05, 3.63) is 72.1 Å². The molecule has 0 amide bonds. The zero-order valence-corrected chi connectivity index (χ0v) is 22.4. The van der Waals surface area contributed by atoms with Crippen LogP contribution in [0.2, 0.25) is 0 Å². The summed E-state index contributed by atoms with van der Waals surface area (Å²) in [5.41, 5.74) is 5.95. The summed E-state index contributed by atoms with van der Waals surface area (Å²) in [5, 5.41) is 0.0917. The number of ether oxygens (including phenoxy) is 1. The Morgan fingerprint density at radius 2 is 1.34 bits per heavy atom. The van der Waals surface area contributed by atoms with Crippen molar-refractivity contribution in [2.45, 2.75) is 77.5 Å². The first-order valence-corrected chi connectivity index (χ1v) is 13.8. The molecule has 0 aliphatic heterocycles. The van der Waals surface area contributed by atoms with E-state index in [1.807, 2.05) is 12.4 Å². The third-order valence-electron chi connectivity index (χ3n) is 6.78. The topological polar surface area (TPSA) is 35.0 Å². The molecule has 0 fully saturated rings. The summed E-state index contributed by atoms with van der Waals surface area (Å²) in [6.07, 6.45) is 13.5. The zero-order chi connectivity index (χ0) is 24.9. The van der Waals surface area contributed by atoms with Crippen LogP contribution in [0.4, 0.5) is 0 Å². The summed E-state index contributed by atoms with van der Waals surface area (Å²) >= 11 is 6.36. The van der Waals surface area contributed by atoms with E-state index in [2.05, 4.69) is 79.3 Å². The summed E-state index contributed by atoms with van der Waals surface area (Å²) in [7, 11) is 0. The number of aryl methyl sites for hydroxylation is 1. The van der Waals surface area contributed by atoms with Gasteiger partial charge in [-0.05, 0) is 47.4 Å². The Morgan fingerprint density at radius 3 is 1.97 bits per heavy atom. The van der Waals surface area contributed by atoms with Crippen LogP contribution in [0.15, 0.2) is 60.9 Å². The van der Waals surface area contributed by atoms with Crippen molar-refractivity contribution in [2.24, 2.45) is 5.92 Å². The third-order valence-corrected chi connectivity index (χ3v) is 7.33. The molecular formula is C31H41ClN2O. The second-order valence-corrected chi connectivity index (χ2v) is 10.1. The van der Waals surface area contributed by atoms with Gasteiger partial charge >= 0.3 is 0 Å². The van der Waals surface area contributed by atoms with Crippen LogP contribution in [0.5, 0.6) is 0 Å². The van der Waals surface area contributed by atoms with Crippen molar-refractivity contribution in [3.63, 3.8) is 0 Å². The first kappa shape index (κ1) is 27.4. The number of rotatable bonds is 15. The Kier molecular flexibility index (Phi) is 11.7. The van der Waals surface area contributed by atoms with E-state index in [0.29, 0.717) is 19.1 Å². The van der Waals surface area contributed by atoms with Gasteiger partial charge in [-0.15, -0.1) is 11.6 Å². The van der Waals surface area contributed by atoms with Crippen molar-refractivity contribution < 1.29 is 4.74 Å². The molecule has 1 unspecified atom stereocenters.